The Hall–Kier alpha value is -3.33. The first kappa shape index (κ1) is 23.3. The van der Waals surface area contributed by atoms with E-state index in [-0.39, 0.29) is 18.7 Å². The maximum atomic E-state index is 12.8. The quantitative estimate of drug-likeness (QED) is 0.558. The predicted molar refractivity (Wildman–Crippen MR) is 117 cm³/mol. The monoisotopic (exact) mass is 462 g/mol. The molecule has 0 aliphatic heterocycles. The van der Waals surface area contributed by atoms with Gasteiger partial charge in [0, 0.05) is 12.1 Å². The number of hydrogen-bond donors (Lipinski definition) is 1. The number of carbonyl (C=O) groups is 1. The third kappa shape index (κ3) is 6.10. The summed E-state index contributed by atoms with van der Waals surface area (Å²) in [6, 6.07) is 19.8. The number of rotatable bonds is 7. The van der Waals surface area contributed by atoms with Crippen molar-refractivity contribution in [2.75, 3.05) is 10.6 Å². The number of nitrogens with one attached hydrogen (secondary N) is 1. The average molecular weight is 462 g/mol. The molecule has 3 aromatic rings. The average Bonchev–Trinajstić information content (AvgIpc) is 2.75. The Morgan fingerprint density at radius 1 is 0.906 bits per heavy atom. The second kappa shape index (κ2) is 9.44. The fourth-order valence-electron chi connectivity index (χ4n) is 3.07. The van der Waals surface area contributed by atoms with Crippen LogP contribution in [0.4, 0.5) is 18.9 Å². The van der Waals surface area contributed by atoms with Crippen molar-refractivity contribution < 1.29 is 26.4 Å². The molecule has 0 bridgehead atoms. The van der Waals surface area contributed by atoms with Gasteiger partial charge < -0.3 is 5.32 Å². The summed E-state index contributed by atoms with van der Waals surface area (Å²) in [5.74, 6) is -0.483. The van der Waals surface area contributed by atoms with Crippen molar-refractivity contribution in [3.63, 3.8) is 0 Å². The predicted octanol–water partition coefficient (Wildman–Crippen LogP) is 4.60. The summed E-state index contributed by atoms with van der Waals surface area (Å²) in [6.45, 7) is 0.0642. The molecule has 0 heterocycles. The van der Waals surface area contributed by atoms with Gasteiger partial charge in [-0.3, -0.25) is 9.10 Å². The largest absolute Gasteiger partial charge is 0.416 e. The number of benzene rings is 3. The van der Waals surface area contributed by atoms with E-state index in [1.807, 2.05) is 30.3 Å². The van der Waals surface area contributed by atoms with Crippen LogP contribution in [0.5, 0.6) is 0 Å². The highest BCUT2D eigenvalue weighted by molar-refractivity contribution is 7.92. The van der Waals surface area contributed by atoms with E-state index in [0.29, 0.717) is 11.3 Å². The molecule has 0 aliphatic carbocycles. The number of carbonyl (C=O) groups excluding carboxylic acids is 1. The molecule has 3 aromatic carbocycles. The summed E-state index contributed by atoms with van der Waals surface area (Å²) < 4.78 is 64.3. The van der Waals surface area contributed by atoms with E-state index in [9.17, 15) is 26.4 Å². The first-order chi connectivity index (χ1) is 15.0. The number of anilines is 1. The highest BCUT2D eigenvalue weighted by Crippen LogP contribution is 2.29. The number of halogens is 3. The lowest BCUT2D eigenvalue weighted by Gasteiger charge is -2.22. The maximum absolute atomic E-state index is 12.8. The Kier molecular flexibility index (Phi) is 6.88. The second-order valence-corrected chi connectivity index (χ2v) is 9.09. The van der Waals surface area contributed by atoms with Crippen molar-refractivity contribution in [1.29, 1.82) is 0 Å². The molecule has 1 amide bonds. The van der Waals surface area contributed by atoms with Gasteiger partial charge in [-0.25, -0.2) is 8.42 Å². The smallest absolute Gasteiger partial charge is 0.348 e. The van der Waals surface area contributed by atoms with E-state index in [1.165, 1.54) is 40.7 Å². The minimum absolute atomic E-state index is 0.0754. The molecule has 0 atom stereocenters. The molecule has 0 spiro atoms. The number of sulfonamides is 1. The van der Waals surface area contributed by atoms with Crippen LogP contribution in [0.3, 0.4) is 0 Å². The van der Waals surface area contributed by atoms with Crippen LogP contribution in [0.25, 0.3) is 0 Å². The number of hydrogen-bond acceptors (Lipinski definition) is 3. The van der Waals surface area contributed by atoms with E-state index in [2.05, 4.69) is 5.32 Å². The molecule has 0 aromatic heterocycles. The zero-order chi connectivity index (χ0) is 23.4. The lowest BCUT2D eigenvalue weighted by atomic mass is 10.1. The van der Waals surface area contributed by atoms with Crippen LogP contribution in [0.15, 0.2) is 78.9 Å². The van der Waals surface area contributed by atoms with Gasteiger partial charge in [0.25, 0.3) is 5.91 Å². The number of nitrogens with zero attached hydrogens (tertiary/aromatic N) is 1. The van der Waals surface area contributed by atoms with Crippen molar-refractivity contribution in [2.45, 2.75) is 19.3 Å². The zero-order valence-corrected chi connectivity index (χ0v) is 18.0. The lowest BCUT2D eigenvalue weighted by molar-refractivity contribution is -0.137. The van der Waals surface area contributed by atoms with Gasteiger partial charge in [0.05, 0.1) is 24.1 Å². The van der Waals surface area contributed by atoms with Crippen LogP contribution in [0.1, 0.15) is 27.0 Å². The molecule has 0 fully saturated rings. The van der Waals surface area contributed by atoms with Crippen LogP contribution in [0, 0.1) is 0 Å². The molecule has 9 heteroatoms. The van der Waals surface area contributed by atoms with Crippen molar-refractivity contribution in [1.82, 2.24) is 5.32 Å². The SMILES string of the molecule is CS(=O)(=O)N(Cc1ccccc1)c1ccc(C(=O)NCc2cccc(C(F)(F)F)c2)cc1. The van der Waals surface area contributed by atoms with Crippen molar-refractivity contribution in [3.05, 3.63) is 101 Å². The fraction of sp³-hybridized carbons (Fsp3) is 0.174. The van der Waals surface area contributed by atoms with Crippen molar-refractivity contribution in [3.8, 4) is 0 Å². The molecular formula is C23H21F3N2O3S. The highest BCUT2D eigenvalue weighted by atomic mass is 32.2. The standard InChI is InChI=1S/C23H21F3N2O3S/c1-32(30,31)28(16-17-6-3-2-4-7-17)21-12-10-19(11-13-21)22(29)27-15-18-8-5-9-20(14-18)23(24,25)26/h2-14H,15-16H2,1H3,(H,27,29). The van der Waals surface area contributed by atoms with Crippen LogP contribution in [-0.2, 0) is 29.3 Å². The van der Waals surface area contributed by atoms with Crippen molar-refractivity contribution in [2.24, 2.45) is 0 Å². The van der Waals surface area contributed by atoms with Crippen LogP contribution in [-0.4, -0.2) is 20.6 Å². The third-order valence-electron chi connectivity index (χ3n) is 4.69. The fourth-order valence-corrected chi connectivity index (χ4v) is 3.96. The van der Waals surface area contributed by atoms with Gasteiger partial charge in [-0.2, -0.15) is 13.2 Å². The Morgan fingerprint density at radius 3 is 2.12 bits per heavy atom. The van der Waals surface area contributed by atoms with Gasteiger partial charge in [-0.15, -0.1) is 0 Å². The topological polar surface area (TPSA) is 66.5 Å². The summed E-state index contributed by atoms with van der Waals surface area (Å²) in [4.78, 5) is 12.4. The third-order valence-corrected chi connectivity index (χ3v) is 5.83. The van der Waals surface area contributed by atoms with Crippen LogP contribution >= 0.6 is 0 Å². The molecule has 0 unspecified atom stereocenters. The summed E-state index contributed by atoms with van der Waals surface area (Å²) in [5, 5.41) is 2.57. The summed E-state index contributed by atoms with van der Waals surface area (Å²) >= 11 is 0. The van der Waals surface area contributed by atoms with Gasteiger partial charge >= 0.3 is 6.18 Å². The lowest BCUT2D eigenvalue weighted by Crippen LogP contribution is -2.29. The summed E-state index contributed by atoms with van der Waals surface area (Å²) in [6.07, 6.45) is -3.35. The first-order valence-corrected chi connectivity index (χ1v) is 11.4. The van der Waals surface area contributed by atoms with E-state index < -0.39 is 27.7 Å². The van der Waals surface area contributed by atoms with Gasteiger partial charge in [0.2, 0.25) is 10.0 Å². The first-order valence-electron chi connectivity index (χ1n) is 9.60. The molecule has 0 saturated carbocycles. The van der Waals surface area contributed by atoms with E-state index >= 15 is 0 Å². The van der Waals surface area contributed by atoms with E-state index in [1.54, 1.807) is 0 Å². The van der Waals surface area contributed by atoms with Crippen LogP contribution in [0.2, 0.25) is 0 Å². The van der Waals surface area contributed by atoms with Gasteiger partial charge in [-0.05, 0) is 47.5 Å². The molecule has 3 rings (SSSR count). The van der Waals surface area contributed by atoms with E-state index in [4.69, 9.17) is 0 Å². The minimum atomic E-state index is -4.46. The maximum Gasteiger partial charge on any atom is 0.416 e. The number of alkyl halides is 3. The van der Waals surface area contributed by atoms with Crippen LogP contribution < -0.4 is 9.62 Å². The van der Waals surface area contributed by atoms with Gasteiger partial charge in [0.1, 0.15) is 0 Å². The van der Waals surface area contributed by atoms with Gasteiger partial charge in [0.15, 0.2) is 0 Å². The van der Waals surface area contributed by atoms with Crippen molar-refractivity contribution >= 4 is 21.6 Å². The number of amides is 1. The summed E-state index contributed by atoms with van der Waals surface area (Å²) in [7, 11) is -3.57. The molecular weight excluding hydrogens is 441 g/mol. The molecule has 5 nitrogen and oxygen atoms in total. The summed E-state index contributed by atoms with van der Waals surface area (Å²) in [5.41, 5.74) is 0.990. The minimum Gasteiger partial charge on any atom is -0.348 e. The Balaban J connectivity index is 1.70. The molecule has 1 N–H and O–H groups in total. The van der Waals surface area contributed by atoms with E-state index in [0.717, 1.165) is 24.0 Å². The molecule has 0 aliphatic rings. The Bertz CT molecular complexity index is 1180. The normalized spacial score (nSPS) is 11.8. The second-order valence-electron chi connectivity index (χ2n) is 7.18. The molecule has 0 radical (unpaired) electrons. The zero-order valence-electron chi connectivity index (χ0n) is 17.1. The molecule has 0 saturated heterocycles. The Morgan fingerprint density at radius 2 is 1.53 bits per heavy atom. The Labute approximate surface area is 184 Å². The molecule has 32 heavy (non-hydrogen) atoms. The van der Waals surface area contributed by atoms with Gasteiger partial charge in [-0.1, -0.05) is 42.5 Å². The highest BCUT2D eigenvalue weighted by Gasteiger charge is 2.30. The molecule has 168 valence electrons.